The minimum Gasteiger partial charge on any atom is -0.140 e. The first-order chi connectivity index (χ1) is 14.8. The Hall–Kier alpha value is -2.16. The molecule has 0 N–H and O–H groups in total. The second-order valence-corrected chi connectivity index (χ2v) is 17.2. The third kappa shape index (κ3) is 3.81. The molecule has 0 nitrogen and oxygen atoms in total. The molecule has 0 aliphatic carbocycles. The molecular formula is C27H24S3Si. The molecule has 5 aromatic rings. The normalized spacial score (nSPS) is 11.8. The summed E-state index contributed by atoms with van der Waals surface area (Å²) in [7, 11) is -1.44. The van der Waals surface area contributed by atoms with Crippen LogP contribution in [0.4, 0.5) is 0 Å². The van der Waals surface area contributed by atoms with Crippen LogP contribution in [0.25, 0.3) is 41.7 Å². The lowest BCUT2D eigenvalue weighted by molar-refractivity contribution is 1.61. The molecule has 0 spiro atoms. The Morgan fingerprint density at radius 3 is 1.87 bits per heavy atom. The van der Waals surface area contributed by atoms with Crippen molar-refractivity contribution < 1.29 is 0 Å². The van der Waals surface area contributed by atoms with Crippen LogP contribution in [0.15, 0.2) is 54.6 Å². The van der Waals surface area contributed by atoms with Gasteiger partial charge in [-0.05, 0) is 32.0 Å². The van der Waals surface area contributed by atoms with Gasteiger partial charge in [-0.3, -0.25) is 0 Å². The zero-order chi connectivity index (χ0) is 21.8. The van der Waals surface area contributed by atoms with Crippen molar-refractivity contribution in [2.45, 2.75) is 33.5 Å². The molecule has 5 rings (SSSR count). The quantitative estimate of drug-likeness (QED) is 0.177. The predicted molar refractivity (Wildman–Crippen MR) is 146 cm³/mol. The Morgan fingerprint density at radius 1 is 0.710 bits per heavy atom. The van der Waals surface area contributed by atoms with Crippen LogP contribution in [0.1, 0.15) is 14.6 Å². The summed E-state index contributed by atoms with van der Waals surface area (Å²) in [5.74, 6) is 3.54. The Labute approximate surface area is 197 Å². The Balaban J connectivity index is 1.83. The molecule has 4 heteroatoms. The molecule has 0 amide bonds. The van der Waals surface area contributed by atoms with E-state index in [1.165, 1.54) is 56.4 Å². The van der Waals surface area contributed by atoms with Gasteiger partial charge in [0.25, 0.3) is 0 Å². The molecule has 31 heavy (non-hydrogen) atoms. The molecule has 0 atom stereocenters. The standard InChI is InChI=1S/C27H24S3Si/c1-17-25(20-10-6-8-12-23(20)28-17)22-16-19(14-15-31(3,4)5)30-27(22)26-18(2)29-24-13-9-7-11-21(24)26/h6-13,16H,1-5H3. The molecule has 2 aromatic carbocycles. The van der Waals surface area contributed by atoms with E-state index < -0.39 is 8.07 Å². The summed E-state index contributed by atoms with van der Waals surface area (Å²) in [4.78, 5) is 5.30. The van der Waals surface area contributed by atoms with E-state index >= 15 is 0 Å². The van der Waals surface area contributed by atoms with Crippen molar-refractivity contribution in [3.8, 4) is 33.0 Å². The van der Waals surface area contributed by atoms with Crippen LogP contribution in [-0.4, -0.2) is 8.07 Å². The molecule has 154 valence electrons. The highest BCUT2D eigenvalue weighted by Crippen LogP contribution is 2.49. The highest BCUT2D eigenvalue weighted by molar-refractivity contribution is 7.21. The molecular weight excluding hydrogens is 449 g/mol. The van der Waals surface area contributed by atoms with Crippen LogP contribution in [0.3, 0.4) is 0 Å². The molecule has 0 radical (unpaired) electrons. The van der Waals surface area contributed by atoms with Gasteiger partial charge in [-0.15, -0.1) is 39.6 Å². The average Bonchev–Trinajstić information content (AvgIpc) is 3.36. The molecule has 3 heterocycles. The minimum atomic E-state index is -1.44. The van der Waals surface area contributed by atoms with Gasteiger partial charge in [-0.1, -0.05) is 62.0 Å². The van der Waals surface area contributed by atoms with Crippen LogP contribution in [-0.2, 0) is 0 Å². The zero-order valence-corrected chi connectivity index (χ0v) is 21.9. The van der Waals surface area contributed by atoms with Crippen molar-refractivity contribution >= 4 is 62.3 Å². The fourth-order valence-corrected chi connectivity index (χ4v) is 7.97. The number of hydrogen-bond acceptors (Lipinski definition) is 3. The van der Waals surface area contributed by atoms with E-state index in [1.54, 1.807) is 0 Å². The second kappa shape index (κ2) is 7.76. The third-order valence-electron chi connectivity index (χ3n) is 5.33. The predicted octanol–water partition coefficient (Wildman–Crippen LogP) is 9.36. The zero-order valence-electron chi connectivity index (χ0n) is 18.4. The first kappa shape index (κ1) is 20.7. The van der Waals surface area contributed by atoms with Crippen molar-refractivity contribution in [1.29, 1.82) is 0 Å². The van der Waals surface area contributed by atoms with Gasteiger partial charge in [0.05, 0.1) is 4.88 Å². The Kier molecular flexibility index (Phi) is 5.19. The van der Waals surface area contributed by atoms with Gasteiger partial charge in [0, 0.05) is 51.5 Å². The molecule has 0 bridgehead atoms. The van der Waals surface area contributed by atoms with Gasteiger partial charge < -0.3 is 0 Å². The van der Waals surface area contributed by atoms with Crippen LogP contribution in [0.5, 0.6) is 0 Å². The lowest BCUT2D eigenvalue weighted by atomic mass is 9.98. The van der Waals surface area contributed by atoms with Crippen LogP contribution in [0.2, 0.25) is 19.6 Å². The van der Waals surface area contributed by atoms with Gasteiger partial charge >= 0.3 is 0 Å². The Morgan fingerprint density at radius 2 is 1.26 bits per heavy atom. The molecule has 0 unspecified atom stereocenters. The lowest BCUT2D eigenvalue weighted by Crippen LogP contribution is -2.16. The molecule has 0 aliphatic heterocycles. The maximum atomic E-state index is 3.58. The molecule has 0 saturated carbocycles. The van der Waals surface area contributed by atoms with Gasteiger partial charge in [0.2, 0.25) is 0 Å². The molecule has 0 saturated heterocycles. The number of aryl methyl sites for hydroxylation is 2. The van der Waals surface area contributed by atoms with E-state index in [2.05, 4.69) is 99.5 Å². The first-order valence-electron chi connectivity index (χ1n) is 10.5. The van der Waals surface area contributed by atoms with E-state index in [9.17, 15) is 0 Å². The number of thiophene rings is 3. The van der Waals surface area contributed by atoms with E-state index in [-0.39, 0.29) is 0 Å². The third-order valence-corrected chi connectivity index (χ3v) is 9.45. The van der Waals surface area contributed by atoms with Crippen LogP contribution >= 0.6 is 34.0 Å². The van der Waals surface area contributed by atoms with E-state index in [1.807, 2.05) is 34.0 Å². The van der Waals surface area contributed by atoms with Crippen molar-refractivity contribution in [2.24, 2.45) is 0 Å². The summed E-state index contributed by atoms with van der Waals surface area (Å²) in [5.41, 5.74) is 7.68. The van der Waals surface area contributed by atoms with Gasteiger partial charge in [-0.25, -0.2) is 0 Å². The lowest BCUT2D eigenvalue weighted by Gasteiger charge is -2.06. The maximum Gasteiger partial charge on any atom is 0.129 e. The van der Waals surface area contributed by atoms with Crippen molar-refractivity contribution in [3.05, 3.63) is 69.2 Å². The fraction of sp³-hybridized carbons (Fsp3) is 0.185. The maximum absolute atomic E-state index is 3.58. The number of rotatable bonds is 2. The largest absolute Gasteiger partial charge is 0.140 e. The summed E-state index contributed by atoms with van der Waals surface area (Å²) >= 11 is 5.65. The van der Waals surface area contributed by atoms with Gasteiger partial charge in [-0.2, -0.15) is 0 Å². The monoisotopic (exact) mass is 472 g/mol. The summed E-state index contributed by atoms with van der Waals surface area (Å²) < 4.78 is 2.71. The SMILES string of the molecule is Cc1sc2ccccc2c1-c1cc(C#C[Si](C)(C)C)sc1-c1c(C)sc2ccccc12. The minimum absolute atomic E-state index is 1.18. The van der Waals surface area contributed by atoms with Gasteiger partial charge in [0.15, 0.2) is 0 Å². The number of hydrogen-bond donors (Lipinski definition) is 0. The Bertz CT molecular complexity index is 1400. The van der Waals surface area contributed by atoms with E-state index in [0.717, 1.165) is 0 Å². The molecule has 0 aliphatic rings. The molecule has 0 fully saturated rings. The summed E-state index contributed by atoms with van der Waals surface area (Å²) in [6.45, 7) is 11.4. The second-order valence-electron chi connectivity index (χ2n) is 8.91. The topological polar surface area (TPSA) is 0 Å². The molecule has 3 aromatic heterocycles. The number of benzene rings is 2. The summed E-state index contributed by atoms with van der Waals surface area (Å²) in [5, 5.41) is 2.71. The smallest absolute Gasteiger partial charge is 0.129 e. The van der Waals surface area contributed by atoms with Crippen LogP contribution < -0.4 is 0 Å². The highest BCUT2D eigenvalue weighted by atomic mass is 32.1. The van der Waals surface area contributed by atoms with Crippen molar-refractivity contribution in [1.82, 2.24) is 0 Å². The summed E-state index contributed by atoms with van der Waals surface area (Å²) in [6.07, 6.45) is 0. The average molecular weight is 473 g/mol. The first-order valence-corrected chi connectivity index (χ1v) is 16.4. The van der Waals surface area contributed by atoms with E-state index in [0.29, 0.717) is 0 Å². The highest BCUT2D eigenvalue weighted by Gasteiger charge is 2.22. The fourth-order valence-electron chi connectivity index (χ4n) is 4.03. The number of fused-ring (bicyclic) bond motifs is 2. The summed E-state index contributed by atoms with van der Waals surface area (Å²) in [6, 6.07) is 19.9. The van der Waals surface area contributed by atoms with Crippen molar-refractivity contribution in [2.75, 3.05) is 0 Å². The van der Waals surface area contributed by atoms with E-state index in [4.69, 9.17) is 0 Å². The van der Waals surface area contributed by atoms with Crippen molar-refractivity contribution in [3.63, 3.8) is 0 Å². The van der Waals surface area contributed by atoms with Gasteiger partial charge in [0.1, 0.15) is 8.07 Å². The van der Waals surface area contributed by atoms with Crippen LogP contribution in [0, 0.1) is 25.3 Å².